The van der Waals surface area contributed by atoms with E-state index in [4.69, 9.17) is 28.9 Å². The molecule has 1 aromatic carbocycles. The van der Waals surface area contributed by atoms with E-state index in [1.807, 2.05) is 12.1 Å². The van der Waals surface area contributed by atoms with Crippen LogP contribution in [-0.2, 0) is 6.54 Å². The maximum atomic E-state index is 12.4. The van der Waals surface area contributed by atoms with Crippen molar-refractivity contribution in [2.75, 3.05) is 12.8 Å². The third kappa shape index (κ3) is 3.21. The molecule has 1 heterocycles. The highest BCUT2D eigenvalue weighted by Crippen LogP contribution is 2.29. The number of nitrogens with two attached hydrogens (primary N) is 1. The number of nitrogen functional groups attached to an aromatic ring is 1. The maximum absolute atomic E-state index is 12.4. The Labute approximate surface area is 127 Å². The summed E-state index contributed by atoms with van der Waals surface area (Å²) in [4.78, 5) is 17.9. The lowest BCUT2D eigenvalue weighted by molar-refractivity contribution is 0.0785. The molecular formula is C14H13Cl2N3O. The first-order valence-electron chi connectivity index (χ1n) is 5.88. The molecule has 0 saturated carbocycles. The molecule has 2 aromatic rings. The van der Waals surface area contributed by atoms with Crippen LogP contribution in [0, 0.1) is 0 Å². The molecule has 0 saturated heterocycles. The van der Waals surface area contributed by atoms with Crippen LogP contribution in [0.25, 0.3) is 0 Å². The molecule has 2 rings (SSSR count). The number of carbonyl (C=O) groups excluding carboxylic acids is 1. The molecule has 0 aliphatic heterocycles. The fourth-order valence-corrected chi connectivity index (χ4v) is 2.22. The van der Waals surface area contributed by atoms with E-state index < -0.39 is 0 Å². The lowest BCUT2D eigenvalue weighted by Gasteiger charge is -2.18. The van der Waals surface area contributed by atoms with E-state index in [1.54, 1.807) is 24.3 Å². The third-order valence-corrected chi connectivity index (χ3v) is 3.60. The summed E-state index contributed by atoms with van der Waals surface area (Å²) in [6, 6.07) is 6.73. The molecule has 1 aromatic heterocycles. The molecule has 0 bridgehead atoms. The number of amides is 1. The van der Waals surface area contributed by atoms with Crippen LogP contribution < -0.4 is 5.73 Å². The van der Waals surface area contributed by atoms with E-state index in [-0.39, 0.29) is 16.0 Å². The summed E-state index contributed by atoms with van der Waals surface area (Å²) < 4.78 is 0. The largest absolute Gasteiger partial charge is 0.399 e. The first-order chi connectivity index (χ1) is 9.49. The zero-order valence-electron chi connectivity index (χ0n) is 10.8. The Kier molecular flexibility index (Phi) is 4.47. The lowest BCUT2D eigenvalue weighted by Crippen LogP contribution is -2.26. The van der Waals surface area contributed by atoms with Crippen LogP contribution in [0.2, 0.25) is 10.0 Å². The standard InChI is InChI=1S/C14H13Cl2N3O/c1-19(8-9-2-4-18-5-3-9)14(20)11-6-10(17)7-12(15)13(11)16/h2-7H,8,17H2,1H3. The minimum absolute atomic E-state index is 0.215. The van der Waals surface area contributed by atoms with E-state index in [9.17, 15) is 4.79 Å². The average molecular weight is 310 g/mol. The number of hydrogen-bond acceptors (Lipinski definition) is 3. The van der Waals surface area contributed by atoms with Gasteiger partial charge >= 0.3 is 0 Å². The Balaban J connectivity index is 2.23. The molecule has 0 fully saturated rings. The summed E-state index contributed by atoms with van der Waals surface area (Å²) in [6.45, 7) is 0.449. The van der Waals surface area contributed by atoms with E-state index in [1.165, 1.54) is 12.1 Å². The van der Waals surface area contributed by atoms with Gasteiger partial charge in [0, 0.05) is 31.7 Å². The smallest absolute Gasteiger partial charge is 0.255 e. The van der Waals surface area contributed by atoms with Crippen molar-refractivity contribution in [1.29, 1.82) is 0 Å². The van der Waals surface area contributed by atoms with E-state index in [0.717, 1.165) is 5.56 Å². The van der Waals surface area contributed by atoms with Crippen molar-refractivity contribution >= 4 is 34.8 Å². The number of rotatable bonds is 3. The first-order valence-corrected chi connectivity index (χ1v) is 6.63. The summed E-state index contributed by atoms with van der Waals surface area (Å²) in [7, 11) is 1.69. The predicted molar refractivity (Wildman–Crippen MR) is 80.9 cm³/mol. The fraction of sp³-hybridized carbons (Fsp3) is 0.143. The molecule has 4 nitrogen and oxygen atoms in total. The zero-order chi connectivity index (χ0) is 14.7. The predicted octanol–water partition coefficient (Wildman–Crippen LogP) is 3.24. The number of benzene rings is 1. The van der Waals surface area contributed by atoms with E-state index in [0.29, 0.717) is 17.8 Å². The van der Waals surface area contributed by atoms with Gasteiger partial charge in [-0.2, -0.15) is 0 Å². The summed E-state index contributed by atoms with van der Waals surface area (Å²) >= 11 is 12.0. The third-order valence-electron chi connectivity index (χ3n) is 2.80. The van der Waals surface area contributed by atoms with Gasteiger partial charge in [0.1, 0.15) is 0 Å². The summed E-state index contributed by atoms with van der Waals surface area (Å²) in [6.07, 6.45) is 3.36. The van der Waals surface area contributed by atoms with Crippen molar-refractivity contribution in [2.24, 2.45) is 0 Å². The van der Waals surface area contributed by atoms with Gasteiger partial charge in [0.2, 0.25) is 0 Å². The molecule has 0 spiro atoms. The molecule has 0 unspecified atom stereocenters. The van der Waals surface area contributed by atoms with Crippen LogP contribution >= 0.6 is 23.2 Å². The normalized spacial score (nSPS) is 10.3. The second kappa shape index (κ2) is 6.11. The number of aromatic nitrogens is 1. The van der Waals surface area contributed by atoms with Gasteiger partial charge in [0.05, 0.1) is 15.6 Å². The van der Waals surface area contributed by atoms with E-state index in [2.05, 4.69) is 4.98 Å². The van der Waals surface area contributed by atoms with Crippen molar-refractivity contribution in [3.8, 4) is 0 Å². The Morgan fingerprint density at radius 1 is 1.30 bits per heavy atom. The average Bonchev–Trinajstić information content (AvgIpc) is 2.43. The molecule has 6 heteroatoms. The van der Waals surface area contributed by atoms with Crippen LogP contribution in [0.1, 0.15) is 15.9 Å². The van der Waals surface area contributed by atoms with Crippen molar-refractivity contribution in [1.82, 2.24) is 9.88 Å². The van der Waals surface area contributed by atoms with Crippen molar-refractivity contribution < 1.29 is 4.79 Å². The van der Waals surface area contributed by atoms with Gasteiger partial charge in [-0.3, -0.25) is 9.78 Å². The fourth-order valence-electron chi connectivity index (χ4n) is 1.81. The number of halogens is 2. The Hall–Kier alpha value is -1.78. The van der Waals surface area contributed by atoms with Gasteiger partial charge in [-0.15, -0.1) is 0 Å². The summed E-state index contributed by atoms with van der Waals surface area (Å²) in [5, 5.41) is 0.486. The van der Waals surface area contributed by atoms with Gasteiger partial charge in [0.15, 0.2) is 0 Å². The topological polar surface area (TPSA) is 59.2 Å². The number of pyridine rings is 1. The second-order valence-corrected chi connectivity index (χ2v) is 5.17. The van der Waals surface area contributed by atoms with Gasteiger partial charge in [-0.25, -0.2) is 0 Å². The maximum Gasteiger partial charge on any atom is 0.255 e. The number of carbonyl (C=O) groups is 1. The van der Waals surface area contributed by atoms with Gasteiger partial charge in [0.25, 0.3) is 5.91 Å². The summed E-state index contributed by atoms with van der Waals surface area (Å²) in [5.41, 5.74) is 7.37. The summed E-state index contributed by atoms with van der Waals surface area (Å²) in [5.74, 6) is -0.235. The Morgan fingerprint density at radius 3 is 2.60 bits per heavy atom. The molecule has 1 amide bonds. The van der Waals surface area contributed by atoms with Crippen molar-refractivity contribution in [2.45, 2.75) is 6.54 Å². The Morgan fingerprint density at radius 2 is 1.95 bits per heavy atom. The zero-order valence-corrected chi connectivity index (χ0v) is 12.3. The van der Waals surface area contributed by atoms with Crippen LogP contribution in [0.4, 0.5) is 5.69 Å². The first kappa shape index (κ1) is 14.6. The number of nitrogens with zero attached hydrogens (tertiary/aromatic N) is 2. The number of anilines is 1. The van der Waals surface area contributed by atoms with Crippen LogP contribution in [-0.4, -0.2) is 22.8 Å². The van der Waals surface area contributed by atoms with Gasteiger partial charge in [-0.05, 0) is 29.8 Å². The molecule has 2 N–H and O–H groups in total. The molecule has 0 aliphatic carbocycles. The van der Waals surface area contributed by atoms with Crippen molar-refractivity contribution in [3.05, 3.63) is 57.8 Å². The van der Waals surface area contributed by atoms with Crippen LogP contribution in [0.5, 0.6) is 0 Å². The van der Waals surface area contributed by atoms with Crippen LogP contribution in [0.15, 0.2) is 36.7 Å². The molecule has 104 valence electrons. The highest BCUT2D eigenvalue weighted by molar-refractivity contribution is 6.44. The highest BCUT2D eigenvalue weighted by Gasteiger charge is 2.18. The highest BCUT2D eigenvalue weighted by atomic mass is 35.5. The monoisotopic (exact) mass is 309 g/mol. The minimum Gasteiger partial charge on any atom is -0.399 e. The minimum atomic E-state index is -0.235. The van der Waals surface area contributed by atoms with E-state index >= 15 is 0 Å². The quantitative estimate of drug-likeness (QED) is 0.885. The molecular weight excluding hydrogens is 297 g/mol. The SMILES string of the molecule is CN(Cc1ccncc1)C(=O)c1cc(N)cc(Cl)c1Cl. The van der Waals surface area contributed by atoms with Gasteiger partial charge < -0.3 is 10.6 Å². The van der Waals surface area contributed by atoms with Crippen LogP contribution in [0.3, 0.4) is 0 Å². The lowest BCUT2D eigenvalue weighted by atomic mass is 10.1. The van der Waals surface area contributed by atoms with Gasteiger partial charge in [-0.1, -0.05) is 23.2 Å². The molecule has 0 aliphatic rings. The van der Waals surface area contributed by atoms with Crippen molar-refractivity contribution in [3.63, 3.8) is 0 Å². The molecule has 0 atom stereocenters. The molecule has 0 radical (unpaired) electrons. The Bertz CT molecular complexity index is 632. The second-order valence-electron chi connectivity index (χ2n) is 4.38. The molecule has 20 heavy (non-hydrogen) atoms. The number of hydrogen-bond donors (Lipinski definition) is 1.